The standard InChI is InChI=1S/C17H20N2O3/c1-18-11-13-7-3-5-9-15(13)22-12-17(20)19-14-8-4-6-10-16(14)21-2/h3-10,18H,11-12H2,1-2H3,(H,19,20)/p+1. The molecule has 2 aromatic rings. The largest absolute Gasteiger partial charge is 0.495 e. The SMILES string of the molecule is C[NH2+]Cc1ccccc1OCC(=O)Nc1ccccc1OC. The molecule has 0 unspecified atom stereocenters. The smallest absolute Gasteiger partial charge is 0.262 e. The molecule has 5 heteroatoms. The van der Waals surface area contributed by atoms with E-state index in [0.29, 0.717) is 11.4 Å². The van der Waals surface area contributed by atoms with E-state index < -0.39 is 0 Å². The van der Waals surface area contributed by atoms with E-state index >= 15 is 0 Å². The number of rotatable bonds is 7. The van der Waals surface area contributed by atoms with E-state index in [1.807, 2.05) is 43.4 Å². The van der Waals surface area contributed by atoms with Gasteiger partial charge in [-0.25, -0.2) is 0 Å². The van der Waals surface area contributed by atoms with Crippen molar-refractivity contribution in [2.45, 2.75) is 6.54 Å². The third-order valence-electron chi connectivity index (χ3n) is 3.14. The Balaban J connectivity index is 1.96. The van der Waals surface area contributed by atoms with E-state index in [9.17, 15) is 4.79 Å². The monoisotopic (exact) mass is 301 g/mol. The minimum atomic E-state index is -0.222. The number of hydrogen-bond acceptors (Lipinski definition) is 3. The number of amides is 1. The molecule has 0 aliphatic heterocycles. The summed E-state index contributed by atoms with van der Waals surface area (Å²) in [6, 6.07) is 15.0. The van der Waals surface area contributed by atoms with Crippen molar-refractivity contribution in [3.63, 3.8) is 0 Å². The highest BCUT2D eigenvalue weighted by atomic mass is 16.5. The van der Waals surface area contributed by atoms with Crippen molar-refractivity contribution in [3.05, 3.63) is 54.1 Å². The summed E-state index contributed by atoms with van der Waals surface area (Å²) in [5.41, 5.74) is 1.70. The average Bonchev–Trinajstić information content (AvgIpc) is 2.55. The Morgan fingerprint density at radius 3 is 2.50 bits per heavy atom. The third kappa shape index (κ3) is 4.23. The summed E-state index contributed by atoms with van der Waals surface area (Å²) in [6.07, 6.45) is 0. The zero-order valence-corrected chi connectivity index (χ0v) is 12.8. The molecule has 0 aliphatic rings. The highest BCUT2D eigenvalue weighted by Gasteiger charge is 2.09. The first-order valence-corrected chi connectivity index (χ1v) is 7.16. The molecule has 0 aliphatic carbocycles. The molecule has 116 valence electrons. The van der Waals surface area contributed by atoms with Gasteiger partial charge in [-0.3, -0.25) is 4.79 Å². The van der Waals surface area contributed by atoms with Crippen LogP contribution in [0.1, 0.15) is 5.56 Å². The summed E-state index contributed by atoms with van der Waals surface area (Å²) in [5.74, 6) is 1.13. The predicted molar refractivity (Wildman–Crippen MR) is 85.1 cm³/mol. The number of anilines is 1. The van der Waals surface area contributed by atoms with E-state index in [2.05, 4.69) is 10.6 Å². The van der Waals surface area contributed by atoms with Gasteiger partial charge in [0.15, 0.2) is 6.61 Å². The fourth-order valence-corrected chi connectivity index (χ4v) is 2.11. The Kier molecular flexibility index (Phi) is 5.80. The maximum Gasteiger partial charge on any atom is 0.262 e. The Morgan fingerprint density at radius 2 is 1.77 bits per heavy atom. The number of benzene rings is 2. The van der Waals surface area contributed by atoms with E-state index in [1.54, 1.807) is 19.2 Å². The molecule has 0 saturated heterocycles. The number of ether oxygens (including phenoxy) is 2. The Morgan fingerprint density at radius 1 is 1.09 bits per heavy atom. The minimum Gasteiger partial charge on any atom is -0.495 e. The fourth-order valence-electron chi connectivity index (χ4n) is 2.11. The van der Waals surface area contributed by atoms with E-state index in [0.717, 1.165) is 17.9 Å². The van der Waals surface area contributed by atoms with Crippen LogP contribution in [0.2, 0.25) is 0 Å². The molecule has 1 amide bonds. The first kappa shape index (κ1) is 15.9. The van der Waals surface area contributed by atoms with Gasteiger partial charge in [0.2, 0.25) is 0 Å². The van der Waals surface area contributed by atoms with Crippen LogP contribution < -0.4 is 20.1 Å². The number of para-hydroxylation sites is 3. The molecule has 0 spiro atoms. The van der Waals surface area contributed by atoms with Gasteiger partial charge in [-0.2, -0.15) is 0 Å². The summed E-state index contributed by atoms with van der Waals surface area (Å²) in [4.78, 5) is 12.0. The van der Waals surface area contributed by atoms with Crippen LogP contribution in [0.3, 0.4) is 0 Å². The van der Waals surface area contributed by atoms with E-state index in [1.165, 1.54) is 0 Å². The minimum absolute atomic E-state index is 0.0429. The number of hydrogen-bond donors (Lipinski definition) is 2. The molecule has 22 heavy (non-hydrogen) atoms. The topological polar surface area (TPSA) is 64.2 Å². The van der Waals surface area contributed by atoms with Crippen LogP contribution in [0.4, 0.5) is 5.69 Å². The van der Waals surface area contributed by atoms with E-state index in [-0.39, 0.29) is 12.5 Å². The highest BCUT2D eigenvalue weighted by Crippen LogP contribution is 2.23. The van der Waals surface area contributed by atoms with Crippen molar-refractivity contribution in [2.24, 2.45) is 0 Å². The van der Waals surface area contributed by atoms with Crippen LogP contribution >= 0.6 is 0 Å². The van der Waals surface area contributed by atoms with Gasteiger partial charge in [0.05, 0.1) is 19.8 Å². The molecule has 0 heterocycles. The highest BCUT2D eigenvalue weighted by molar-refractivity contribution is 5.93. The van der Waals surface area contributed by atoms with Crippen molar-refractivity contribution < 1.29 is 19.6 Å². The lowest BCUT2D eigenvalue weighted by Crippen LogP contribution is -2.77. The molecule has 2 rings (SSSR count). The lowest BCUT2D eigenvalue weighted by Gasteiger charge is -2.12. The summed E-state index contributed by atoms with van der Waals surface area (Å²) < 4.78 is 10.8. The molecular formula is C17H21N2O3+. The molecule has 3 N–H and O–H groups in total. The van der Waals surface area contributed by atoms with Gasteiger partial charge < -0.3 is 20.1 Å². The first-order chi connectivity index (χ1) is 10.7. The van der Waals surface area contributed by atoms with Gasteiger partial charge in [0, 0.05) is 5.56 Å². The summed E-state index contributed by atoms with van der Waals surface area (Å²) in [6.45, 7) is 0.767. The zero-order valence-electron chi connectivity index (χ0n) is 12.8. The van der Waals surface area contributed by atoms with Crippen molar-refractivity contribution >= 4 is 11.6 Å². The molecular weight excluding hydrogens is 280 g/mol. The second kappa shape index (κ2) is 8.05. The molecule has 0 atom stereocenters. The number of methoxy groups -OCH3 is 1. The van der Waals surface area contributed by atoms with Crippen molar-refractivity contribution in [1.82, 2.24) is 0 Å². The number of carbonyl (C=O) groups is 1. The summed E-state index contributed by atoms with van der Waals surface area (Å²) >= 11 is 0. The van der Waals surface area contributed by atoms with E-state index in [4.69, 9.17) is 9.47 Å². The number of nitrogens with two attached hydrogens (primary N) is 1. The van der Waals surface area contributed by atoms with Crippen LogP contribution in [-0.4, -0.2) is 26.7 Å². The second-order valence-corrected chi connectivity index (χ2v) is 4.76. The van der Waals surface area contributed by atoms with Gasteiger partial charge in [0.25, 0.3) is 5.91 Å². The Labute approximate surface area is 130 Å². The maximum absolute atomic E-state index is 12.0. The van der Waals surface area contributed by atoms with Crippen LogP contribution in [0.5, 0.6) is 11.5 Å². The molecule has 2 aromatic carbocycles. The van der Waals surface area contributed by atoms with Gasteiger partial charge in [-0.05, 0) is 24.3 Å². The maximum atomic E-state index is 12.0. The fraction of sp³-hybridized carbons (Fsp3) is 0.235. The molecule has 0 saturated carbocycles. The van der Waals surface area contributed by atoms with Crippen LogP contribution in [0.15, 0.2) is 48.5 Å². The second-order valence-electron chi connectivity index (χ2n) is 4.76. The number of nitrogens with one attached hydrogen (secondary N) is 1. The normalized spacial score (nSPS) is 10.1. The van der Waals surface area contributed by atoms with Gasteiger partial charge >= 0.3 is 0 Å². The van der Waals surface area contributed by atoms with Crippen molar-refractivity contribution in [2.75, 3.05) is 26.1 Å². The van der Waals surface area contributed by atoms with Crippen molar-refractivity contribution in [3.8, 4) is 11.5 Å². The number of carbonyl (C=O) groups excluding carboxylic acids is 1. The molecule has 0 aromatic heterocycles. The lowest BCUT2D eigenvalue weighted by atomic mass is 10.2. The average molecular weight is 301 g/mol. The summed E-state index contributed by atoms with van der Waals surface area (Å²) in [5, 5.41) is 4.84. The molecule has 0 fully saturated rings. The lowest BCUT2D eigenvalue weighted by molar-refractivity contribution is -0.643. The number of quaternary nitrogens is 1. The predicted octanol–water partition coefficient (Wildman–Crippen LogP) is 1.41. The van der Waals surface area contributed by atoms with Crippen molar-refractivity contribution in [1.29, 1.82) is 0 Å². The third-order valence-corrected chi connectivity index (χ3v) is 3.14. The van der Waals surface area contributed by atoms with Gasteiger partial charge in [-0.1, -0.05) is 24.3 Å². The Hall–Kier alpha value is -2.53. The van der Waals surface area contributed by atoms with Gasteiger partial charge in [-0.15, -0.1) is 0 Å². The van der Waals surface area contributed by atoms with Crippen LogP contribution in [0.25, 0.3) is 0 Å². The molecule has 0 bridgehead atoms. The molecule has 0 radical (unpaired) electrons. The van der Waals surface area contributed by atoms with Crippen LogP contribution in [0, 0.1) is 0 Å². The van der Waals surface area contributed by atoms with Gasteiger partial charge in [0.1, 0.15) is 18.0 Å². The first-order valence-electron chi connectivity index (χ1n) is 7.16. The summed E-state index contributed by atoms with van der Waals surface area (Å²) in [7, 11) is 3.56. The Bertz CT molecular complexity index is 629. The van der Waals surface area contributed by atoms with Crippen LogP contribution in [-0.2, 0) is 11.3 Å². The molecule has 5 nitrogen and oxygen atoms in total. The zero-order chi connectivity index (χ0) is 15.8. The quantitative estimate of drug-likeness (QED) is 0.812.